The highest BCUT2D eigenvalue weighted by molar-refractivity contribution is 6.78. The monoisotopic (exact) mass is 547 g/mol. The molecule has 2 aliphatic rings. The van der Waals surface area contributed by atoms with Gasteiger partial charge in [-0.05, 0) is 60.3 Å². The molecule has 1 aliphatic carbocycles. The van der Waals surface area contributed by atoms with Gasteiger partial charge in [-0.3, -0.25) is 4.57 Å². The fourth-order valence-electron chi connectivity index (χ4n) is 7.16. The summed E-state index contributed by atoms with van der Waals surface area (Å²) < 4.78 is 15.0. The first-order valence-corrected chi connectivity index (χ1v) is 16.1. The average Bonchev–Trinajstić information content (AvgIpc) is 3.10. The summed E-state index contributed by atoms with van der Waals surface area (Å²) in [6.07, 6.45) is -0.681. The highest BCUT2D eigenvalue weighted by Gasteiger charge is 2.48. The molecule has 1 aliphatic heterocycles. The predicted molar refractivity (Wildman–Crippen MR) is 158 cm³/mol. The summed E-state index contributed by atoms with van der Waals surface area (Å²) in [5, 5.41) is 34.1. The number of rotatable bonds is 6. The number of fused-ring (bicyclic) bond motifs is 4. The van der Waals surface area contributed by atoms with Gasteiger partial charge in [-0.15, -0.1) is 0 Å². The Morgan fingerprint density at radius 2 is 1.54 bits per heavy atom. The van der Waals surface area contributed by atoms with Gasteiger partial charge in [0.05, 0.1) is 17.4 Å². The number of aliphatic hydroxyl groups excluding tert-OH is 1. The fraction of sp³-hybridized carbons (Fsp3) is 0.438. The Balaban J connectivity index is 1.66. The van der Waals surface area contributed by atoms with Crippen molar-refractivity contribution in [1.29, 1.82) is 0 Å². The number of benzene rings is 2. The third-order valence-corrected chi connectivity index (χ3v) is 14.7. The molecule has 0 spiro atoms. The summed E-state index contributed by atoms with van der Waals surface area (Å²) >= 11 is 0. The van der Waals surface area contributed by atoms with E-state index in [1.807, 2.05) is 62.4 Å². The lowest BCUT2D eigenvalue weighted by Crippen LogP contribution is -2.50. The zero-order chi connectivity index (χ0) is 28.4. The lowest BCUT2D eigenvalue weighted by Gasteiger charge is -2.43. The molecule has 208 valence electrons. The van der Waals surface area contributed by atoms with Crippen LogP contribution < -0.4 is 9.16 Å². The second kappa shape index (κ2) is 9.49. The molecule has 39 heavy (non-hydrogen) atoms. The Morgan fingerprint density at radius 3 is 2.13 bits per heavy atom. The maximum atomic E-state index is 11.5. The van der Waals surface area contributed by atoms with Crippen molar-refractivity contribution in [2.24, 2.45) is 0 Å². The standard InChI is InChI=1S/C32H41NO5Si/c1-18(2)39(19(3)4,20(5)6)38-22-14-15-23-26(16-22)37-32(7,8)29-27(23)25(34)17-24-28(29)31(36)33(30(24)35)21-12-10-9-11-13-21/h9-16,18-20,25,34-36H,17H2,1-8H3/t25-/m0/s1. The van der Waals surface area contributed by atoms with Gasteiger partial charge >= 0.3 is 0 Å². The zero-order valence-electron chi connectivity index (χ0n) is 24.2. The highest BCUT2D eigenvalue weighted by atomic mass is 28.4. The van der Waals surface area contributed by atoms with Crippen LogP contribution in [0.3, 0.4) is 0 Å². The maximum Gasteiger partial charge on any atom is 0.258 e. The number of para-hydroxylation sites is 1. The predicted octanol–water partition coefficient (Wildman–Crippen LogP) is 7.44. The molecular weight excluding hydrogens is 506 g/mol. The topological polar surface area (TPSA) is 84.1 Å². The Bertz CT molecular complexity index is 1410. The molecule has 0 bridgehead atoms. The minimum atomic E-state index is -2.17. The van der Waals surface area contributed by atoms with E-state index in [9.17, 15) is 15.3 Å². The normalized spacial score (nSPS) is 18.2. The molecule has 7 heteroatoms. The van der Waals surface area contributed by atoms with E-state index in [0.29, 0.717) is 44.8 Å². The van der Waals surface area contributed by atoms with Gasteiger partial charge in [0.25, 0.3) is 8.32 Å². The van der Waals surface area contributed by atoms with Crippen molar-refractivity contribution >= 4 is 19.5 Å². The lowest BCUT2D eigenvalue weighted by molar-refractivity contribution is 0.160. The Kier molecular flexibility index (Phi) is 6.67. The molecular formula is C32H41NO5Si. The first kappa shape index (κ1) is 27.4. The number of hydrogen-bond donors (Lipinski definition) is 3. The van der Waals surface area contributed by atoms with Crippen LogP contribution in [0.2, 0.25) is 16.6 Å². The molecule has 0 unspecified atom stereocenters. The second-order valence-electron chi connectivity index (χ2n) is 12.4. The van der Waals surface area contributed by atoms with Crippen molar-refractivity contribution in [3.05, 3.63) is 65.2 Å². The SMILES string of the molecule is CC(C)[Si](Oc1ccc2c(c1)OC(C)(C)C1=C2[C@@H](O)Cc2c1c(O)n(-c1ccccc1)c2O)(C(C)C)C(C)C. The summed E-state index contributed by atoms with van der Waals surface area (Å²) in [6.45, 7) is 17.5. The third-order valence-electron chi connectivity index (χ3n) is 8.70. The molecule has 0 saturated heterocycles. The van der Waals surface area contributed by atoms with E-state index >= 15 is 0 Å². The van der Waals surface area contributed by atoms with Gasteiger partial charge in [0.1, 0.15) is 17.1 Å². The summed E-state index contributed by atoms with van der Waals surface area (Å²) in [5.41, 5.74) is 4.30. The third kappa shape index (κ3) is 4.09. The molecule has 0 fully saturated rings. The maximum absolute atomic E-state index is 11.5. The van der Waals surface area contributed by atoms with Crippen LogP contribution in [0.4, 0.5) is 0 Å². The second-order valence-corrected chi connectivity index (χ2v) is 17.7. The van der Waals surface area contributed by atoms with E-state index in [1.54, 1.807) is 0 Å². The smallest absolute Gasteiger partial charge is 0.258 e. The van der Waals surface area contributed by atoms with Crippen LogP contribution in [0.25, 0.3) is 16.8 Å². The number of hydrogen-bond acceptors (Lipinski definition) is 5. The van der Waals surface area contributed by atoms with E-state index in [0.717, 1.165) is 16.9 Å². The van der Waals surface area contributed by atoms with E-state index < -0.39 is 20.0 Å². The summed E-state index contributed by atoms with van der Waals surface area (Å²) in [4.78, 5) is 0. The van der Waals surface area contributed by atoms with Crippen LogP contribution in [-0.4, -0.2) is 39.9 Å². The van der Waals surface area contributed by atoms with Crippen molar-refractivity contribution in [3.63, 3.8) is 0 Å². The molecule has 3 N–H and O–H groups in total. The molecule has 6 nitrogen and oxygen atoms in total. The first-order valence-electron chi connectivity index (χ1n) is 14.0. The highest BCUT2D eigenvalue weighted by Crippen LogP contribution is 2.56. The van der Waals surface area contributed by atoms with E-state index in [4.69, 9.17) is 9.16 Å². The molecule has 2 heterocycles. The summed E-state index contributed by atoms with van der Waals surface area (Å²) in [6, 6.07) is 15.1. The van der Waals surface area contributed by atoms with Crippen molar-refractivity contribution < 1.29 is 24.5 Å². The van der Waals surface area contributed by atoms with Crippen molar-refractivity contribution in [1.82, 2.24) is 4.57 Å². The number of ether oxygens (including phenoxy) is 1. The Hall–Kier alpha value is -3.16. The van der Waals surface area contributed by atoms with Crippen LogP contribution in [0, 0.1) is 0 Å². The van der Waals surface area contributed by atoms with E-state index in [2.05, 4.69) is 41.5 Å². The van der Waals surface area contributed by atoms with Gasteiger partial charge in [-0.1, -0.05) is 59.7 Å². The quantitative estimate of drug-likeness (QED) is 0.279. The van der Waals surface area contributed by atoms with Crippen LogP contribution in [0.5, 0.6) is 23.3 Å². The van der Waals surface area contributed by atoms with Gasteiger partial charge in [0, 0.05) is 29.2 Å². The molecule has 1 aromatic heterocycles. The van der Waals surface area contributed by atoms with Crippen molar-refractivity contribution in [2.45, 2.75) is 90.1 Å². The summed E-state index contributed by atoms with van der Waals surface area (Å²) in [7, 11) is -2.17. The number of aliphatic hydroxyl groups is 1. The Morgan fingerprint density at radius 1 is 0.923 bits per heavy atom. The van der Waals surface area contributed by atoms with Gasteiger partial charge in [-0.2, -0.15) is 0 Å². The van der Waals surface area contributed by atoms with Crippen LogP contribution in [0.15, 0.2) is 48.5 Å². The minimum absolute atomic E-state index is 0.0604. The molecule has 5 rings (SSSR count). The Labute approximate surface area is 232 Å². The van der Waals surface area contributed by atoms with Gasteiger partial charge in [0.15, 0.2) is 0 Å². The molecule has 1 atom stereocenters. The largest absolute Gasteiger partial charge is 0.543 e. The minimum Gasteiger partial charge on any atom is -0.543 e. The molecule has 0 saturated carbocycles. The molecule has 3 aromatic rings. The van der Waals surface area contributed by atoms with Crippen LogP contribution in [-0.2, 0) is 6.42 Å². The molecule has 2 aromatic carbocycles. The lowest BCUT2D eigenvalue weighted by atomic mass is 9.74. The summed E-state index contributed by atoms with van der Waals surface area (Å²) in [5.74, 6) is 1.32. The molecule has 0 amide bonds. The number of nitrogens with zero attached hydrogens (tertiary/aromatic N) is 1. The van der Waals surface area contributed by atoms with Crippen LogP contribution in [0.1, 0.15) is 72.1 Å². The number of aromatic hydroxyl groups is 2. The van der Waals surface area contributed by atoms with Gasteiger partial charge < -0.3 is 24.5 Å². The average molecular weight is 548 g/mol. The van der Waals surface area contributed by atoms with Crippen LogP contribution >= 0.6 is 0 Å². The van der Waals surface area contributed by atoms with Crippen molar-refractivity contribution in [2.75, 3.05) is 0 Å². The van der Waals surface area contributed by atoms with E-state index in [-0.39, 0.29) is 18.2 Å². The van der Waals surface area contributed by atoms with E-state index in [1.165, 1.54) is 4.57 Å². The van der Waals surface area contributed by atoms with Crippen molar-refractivity contribution in [3.8, 4) is 28.9 Å². The number of aromatic nitrogens is 1. The molecule has 0 radical (unpaired) electrons. The van der Waals surface area contributed by atoms with Gasteiger partial charge in [0.2, 0.25) is 11.8 Å². The van der Waals surface area contributed by atoms with Gasteiger partial charge in [-0.25, -0.2) is 0 Å². The zero-order valence-corrected chi connectivity index (χ0v) is 25.2. The first-order chi connectivity index (χ1) is 18.3. The fourth-order valence-corrected chi connectivity index (χ4v) is 12.4.